The minimum Gasteiger partial charge on any atom is -0.273 e. The Kier molecular flexibility index (Phi) is 11.1. The zero-order chi connectivity index (χ0) is 22.5. The number of nitrogens with zero attached hydrogens (tertiary/aromatic N) is 2. The van der Waals surface area contributed by atoms with Crippen LogP contribution in [0.25, 0.3) is 11.1 Å². The third kappa shape index (κ3) is 8.69. The summed E-state index contributed by atoms with van der Waals surface area (Å²) in [4.78, 5) is 12.7. The average molecular weight is 421 g/mol. The monoisotopic (exact) mass is 420 g/mol. The Hall–Kier alpha value is -2.42. The van der Waals surface area contributed by atoms with Crippen LogP contribution in [-0.4, -0.2) is 23.2 Å². The highest BCUT2D eigenvalue weighted by Crippen LogP contribution is 2.23. The number of benzene rings is 2. The van der Waals surface area contributed by atoms with E-state index in [9.17, 15) is 4.79 Å². The Morgan fingerprint density at radius 3 is 2.26 bits per heavy atom. The number of hydrazone groups is 1. The topological polar surface area (TPSA) is 32.7 Å². The van der Waals surface area contributed by atoms with Crippen molar-refractivity contribution in [2.45, 2.75) is 85.5 Å². The molecule has 2 aromatic carbocycles. The SMILES string of the molecule is CCCC/C(C)=N/N(CCCC)C(=O)CCCCc1ccc(-c2ccccc2C)cc1. The fourth-order valence-electron chi connectivity index (χ4n) is 3.71. The second-order valence-electron chi connectivity index (χ2n) is 8.53. The van der Waals surface area contributed by atoms with Gasteiger partial charge in [0, 0.05) is 18.7 Å². The van der Waals surface area contributed by atoms with E-state index >= 15 is 0 Å². The first-order valence-corrected chi connectivity index (χ1v) is 12.0. The summed E-state index contributed by atoms with van der Waals surface area (Å²) in [6.07, 6.45) is 8.86. The maximum Gasteiger partial charge on any atom is 0.242 e. The third-order valence-corrected chi connectivity index (χ3v) is 5.71. The lowest BCUT2D eigenvalue weighted by molar-refractivity contribution is -0.131. The number of carbonyl (C=O) groups is 1. The number of carbonyl (C=O) groups excluding carboxylic acids is 1. The molecule has 0 spiro atoms. The third-order valence-electron chi connectivity index (χ3n) is 5.71. The molecule has 3 nitrogen and oxygen atoms in total. The summed E-state index contributed by atoms with van der Waals surface area (Å²) in [5.41, 5.74) is 6.26. The Morgan fingerprint density at radius 1 is 0.871 bits per heavy atom. The molecule has 0 heterocycles. The van der Waals surface area contributed by atoms with Crippen molar-refractivity contribution in [1.82, 2.24) is 5.01 Å². The van der Waals surface area contributed by atoms with E-state index in [0.29, 0.717) is 6.42 Å². The van der Waals surface area contributed by atoms with E-state index in [1.807, 2.05) is 6.92 Å². The predicted octanol–water partition coefficient (Wildman–Crippen LogP) is 7.57. The quantitative estimate of drug-likeness (QED) is 0.187. The van der Waals surface area contributed by atoms with E-state index in [-0.39, 0.29) is 5.91 Å². The van der Waals surface area contributed by atoms with Crippen LogP contribution in [0.1, 0.15) is 83.3 Å². The van der Waals surface area contributed by atoms with Crippen LogP contribution in [0.15, 0.2) is 53.6 Å². The number of hydrogen-bond donors (Lipinski definition) is 0. The molecule has 0 fully saturated rings. The van der Waals surface area contributed by atoms with Crippen LogP contribution in [0.2, 0.25) is 0 Å². The van der Waals surface area contributed by atoms with Gasteiger partial charge in [0.1, 0.15) is 0 Å². The number of rotatable bonds is 13. The highest BCUT2D eigenvalue weighted by Gasteiger charge is 2.12. The van der Waals surface area contributed by atoms with Gasteiger partial charge in [-0.2, -0.15) is 5.10 Å². The molecule has 2 aromatic rings. The van der Waals surface area contributed by atoms with E-state index < -0.39 is 0 Å². The summed E-state index contributed by atoms with van der Waals surface area (Å²) in [6.45, 7) is 9.27. The van der Waals surface area contributed by atoms with Gasteiger partial charge >= 0.3 is 0 Å². The molecule has 0 unspecified atom stereocenters. The summed E-state index contributed by atoms with van der Waals surface area (Å²) in [6, 6.07) is 17.4. The van der Waals surface area contributed by atoms with Gasteiger partial charge in [0.05, 0.1) is 0 Å². The lowest BCUT2D eigenvalue weighted by atomic mass is 9.98. The molecule has 0 atom stereocenters. The van der Waals surface area contributed by atoms with E-state index in [4.69, 9.17) is 0 Å². The van der Waals surface area contributed by atoms with Crippen molar-refractivity contribution >= 4 is 11.6 Å². The molecular formula is C28H40N2O. The van der Waals surface area contributed by atoms with Gasteiger partial charge in [-0.05, 0) is 74.6 Å². The number of aryl methyl sites for hydroxylation is 2. The van der Waals surface area contributed by atoms with Crippen LogP contribution in [0.5, 0.6) is 0 Å². The minimum absolute atomic E-state index is 0.166. The molecule has 0 aliphatic heterocycles. The van der Waals surface area contributed by atoms with Gasteiger partial charge in [0.15, 0.2) is 0 Å². The van der Waals surface area contributed by atoms with Crippen LogP contribution >= 0.6 is 0 Å². The van der Waals surface area contributed by atoms with Crippen molar-refractivity contribution in [3.05, 3.63) is 59.7 Å². The average Bonchev–Trinajstić information content (AvgIpc) is 2.78. The molecule has 0 N–H and O–H groups in total. The normalized spacial score (nSPS) is 11.5. The smallest absolute Gasteiger partial charge is 0.242 e. The van der Waals surface area contributed by atoms with E-state index in [1.165, 1.54) is 22.3 Å². The molecule has 0 saturated carbocycles. The molecule has 3 heteroatoms. The van der Waals surface area contributed by atoms with E-state index in [1.54, 1.807) is 5.01 Å². The maximum absolute atomic E-state index is 12.7. The predicted molar refractivity (Wildman–Crippen MR) is 133 cm³/mol. The van der Waals surface area contributed by atoms with Gasteiger partial charge in [-0.1, -0.05) is 75.2 Å². The minimum atomic E-state index is 0.166. The second-order valence-corrected chi connectivity index (χ2v) is 8.53. The first-order valence-electron chi connectivity index (χ1n) is 12.0. The van der Waals surface area contributed by atoms with E-state index in [2.05, 4.69) is 74.4 Å². The second kappa shape index (κ2) is 13.8. The van der Waals surface area contributed by atoms with E-state index in [0.717, 1.165) is 63.6 Å². The number of unbranched alkanes of at least 4 members (excludes halogenated alkanes) is 3. The van der Waals surface area contributed by atoms with Crippen molar-refractivity contribution < 1.29 is 4.79 Å². The molecular weight excluding hydrogens is 380 g/mol. The summed E-state index contributed by atoms with van der Waals surface area (Å²) in [7, 11) is 0. The Labute approximate surface area is 189 Å². The Morgan fingerprint density at radius 2 is 1.58 bits per heavy atom. The molecule has 0 aliphatic carbocycles. The molecule has 0 aromatic heterocycles. The molecule has 1 amide bonds. The zero-order valence-corrected chi connectivity index (χ0v) is 20.0. The molecule has 0 aliphatic rings. The number of hydrogen-bond acceptors (Lipinski definition) is 2. The van der Waals surface area contributed by atoms with Gasteiger partial charge in [-0.25, -0.2) is 5.01 Å². The lowest BCUT2D eigenvalue weighted by Crippen LogP contribution is -2.28. The van der Waals surface area contributed by atoms with Crippen LogP contribution in [0.4, 0.5) is 0 Å². The van der Waals surface area contributed by atoms with Crippen LogP contribution in [-0.2, 0) is 11.2 Å². The van der Waals surface area contributed by atoms with Crippen molar-refractivity contribution in [1.29, 1.82) is 0 Å². The van der Waals surface area contributed by atoms with Gasteiger partial charge < -0.3 is 0 Å². The molecule has 0 saturated heterocycles. The van der Waals surface area contributed by atoms with Gasteiger partial charge in [-0.15, -0.1) is 0 Å². The summed E-state index contributed by atoms with van der Waals surface area (Å²) in [5, 5.41) is 6.36. The maximum atomic E-state index is 12.7. The van der Waals surface area contributed by atoms with Crippen molar-refractivity contribution in [3.63, 3.8) is 0 Å². The summed E-state index contributed by atoms with van der Waals surface area (Å²) >= 11 is 0. The van der Waals surface area contributed by atoms with Crippen molar-refractivity contribution in [2.24, 2.45) is 5.10 Å². The van der Waals surface area contributed by atoms with Gasteiger partial charge in [-0.3, -0.25) is 4.79 Å². The zero-order valence-electron chi connectivity index (χ0n) is 20.0. The van der Waals surface area contributed by atoms with Crippen LogP contribution in [0, 0.1) is 6.92 Å². The highest BCUT2D eigenvalue weighted by molar-refractivity contribution is 5.84. The molecule has 31 heavy (non-hydrogen) atoms. The molecule has 0 radical (unpaired) electrons. The summed E-state index contributed by atoms with van der Waals surface area (Å²) in [5.74, 6) is 0.166. The largest absolute Gasteiger partial charge is 0.273 e. The first kappa shape index (κ1) is 24.8. The van der Waals surface area contributed by atoms with Crippen LogP contribution in [0.3, 0.4) is 0 Å². The fraction of sp³-hybridized carbons (Fsp3) is 0.500. The van der Waals surface area contributed by atoms with Gasteiger partial charge in [0.2, 0.25) is 5.91 Å². The molecule has 0 bridgehead atoms. The molecule has 168 valence electrons. The first-order chi connectivity index (χ1) is 15.0. The number of amides is 1. The van der Waals surface area contributed by atoms with Crippen molar-refractivity contribution in [3.8, 4) is 11.1 Å². The van der Waals surface area contributed by atoms with Gasteiger partial charge in [0.25, 0.3) is 0 Å². The van der Waals surface area contributed by atoms with Crippen LogP contribution < -0.4 is 0 Å². The lowest BCUT2D eigenvalue weighted by Gasteiger charge is -2.18. The Bertz CT molecular complexity index is 823. The van der Waals surface area contributed by atoms with Crippen molar-refractivity contribution in [2.75, 3.05) is 6.54 Å². The molecule has 2 rings (SSSR count). The Balaban J connectivity index is 1.83. The highest BCUT2D eigenvalue weighted by atomic mass is 16.2. The fourth-order valence-corrected chi connectivity index (χ4v) is 3.71. The standard InChI is InChI=1S/C28H40N2O/c1-5-7-14-24(4)29-30(22-8-6-2)28(31)17-12-10-15-25-18-20-26(21-19-25)27-16-11-9-13-23(27)3/h9,11,13,16,18-21H,5-8,10,12,14-15,17,22H2,1-4H3/b29-24+. The summed E-state index contributed by atoms with van der Waals surface area (Å²) < 4.78 is 0.